The zero-order chi connectivity index (χ0) is 18.6. The van der Waals surface area contributed by atoms with Crippen molar-refractivity contribution < 1.29 is 38.9 Å². The summed E-state index contributed by atoms with van der Waals surface area (Å²) < 4.78 is 9.24. The van der Waals surface area contributed by atoms with Crippen LogP contribution in [0, 0.1) is 0 Å². The SMILES string of the molecule is CCCCCCOC(=O)CC(O)(CC(=O)OC(=O)CCC)C(=O)O. The van der Waals surface area contributed by atoms with Crippen LogP contribution in [0.15, 0.2) is 0 Å². The van der Waals surface area contributed by atoms with Crippen molar-refractivity contribution in [2.45, 2.75) is 70.8 Å². The minimum Gasteiger partial charge on any atom is -0.479 e. The zero-order valence-electron chi connectivity index (χ0n) is 14.2. The van der Waals surface area contributed by atoms with E-state index in [0.717, 1.165) is 19.3 Å². The van der Waals surface area contributed by atoms with Crippen LogP contribution in [0.25, 0.3) is 0 Å². The highest BCUT2D eigenvalue weighted by molar-refractivity contribution is 5.92. The molecule has 0 aliphatic carbocycles. The van der Waals surface area contributed by atoms with Crippen molar-refractivity contribution in [3.63, 3.8) is 0 Å². The van der Waals surface area contributed by atoms with Gasteiger partial charge in [0.05, 0.1) is 19.4 Å². The minimum atomic E-state index is -2.66. The number of carboxylic acid groups (broad SMARTS) is 1. The van der Waals surface area contributed by atoms with E-state index in [9.17, 15) is 24.3 Å². The third kappa shape index (κ3) is 9.24. The molecule has 0 radical (unpaired) electrons. The van der Waals surface area contributed by atoms with Crippen molar-refractivity contribution in [1.82, 2.24) is 0 Å². The lowest BCUT2D eigenvalue weighted by molar-refractivity contribution is -0.175. The van der Waals surface area contributed by atoms with E-state index in [1.54, 1.807) is 6.92 Å². The summed E-state index contributed by atoms with van der Waals surface area (Å²) >= 11 is 0. The van der Waals surface area contributed by atoms with Crippen molar-refractivity contribution in [2.75, 3.05) is 6.61 Å². The lowest BCUT2D eigenvalue weighted by atomic mass is 9.96. The Morgan fingerprint density at radius 1 is 0.875 bits per heavy atom. The molecule has 0 aromatic rings. The molecule has 1 atom stereocenters. The van der Waals surface area contributed by atoms with Crippen LogP contribution in [0.4, 0.5) is 0 Å². The molecule has 24 heavy (non-hydrogen) atoms. The highest BCUT2D eigenvalue weighted by Crippen LogP contribution is 2.18. The van der Waals surface area contributed by atoms with Gasteiger partial charge in [-0.2, -0.15) is 0 Å². The second kappa shape index (κ2) is 11.6. The molecular weight excluding hydrogens is 320 g/mol. The summed E-state index contributed by atoms with van der Waals surface area (Å²) in [5.74, 6) is -4.70. The fourth-order valence-corrected chi connectivity index (χ4v) is 1.88. The first-order chi connectivity index (χ1) is 11.2. The topological polar surface area (TPSA) is 127 Å². The Balaban J connectivity index is 4.48. The molecule has 8 nitrogen and oxygen atoms in total. The van der Waals surface area contributed by atoms with Crippen LogP contribution in [-0.2, 0) is 28.7 Å². The molecule has 0 saturated carbocycles. The van der Waals surface area contributed by atoms with E-state index in [1.807, 2.05) is 6.92 Å². The van der Waals surface area contributed by atoms with Gasteiger partial charge in [0.1, 0.15) is 0 Å². The Bertz CT molecular complexity index is 445. The van der Waals surface area contributed by atoms with Crippen molar-refractivity contribution in [3.8, 4) is 0 Å². The van der Waals surface area contributed by atoms with Crippen molar-refractivity contribution in [3.05, 3.63) is 0 Å². The molecule has 0 bridgehead atoms. The molecule has 2 N–H and O–H groups in total. The second-order valence-electron chi connectivity index (χ2n) is 5.57. The van der Waals surface area contributed by atoms with Gasteiger partial charge in [-0.3, -0.25) is 14.4 Å². The van der Waals surface area contributed by atoms with E-state index in [-0.39, 0.29) is 13.0 Å². The fourth-order valence-electron chi connectivity index (χ4n) is 1.88. The van der Waals surface area contributed by atoms with E-state index < -0.39 is 42.3 Å². The van der Waals surface area contributed by atoms with Crippen LogP contribution in [-0.4, -0.2) is 46.3 Å². The maximum Gasteiger partial charge on any atom is 0.336 e. The molecule has 0 aliphatic rings. The second-order valence-corrected chi connectivity index (χ2v) is 5.57. The van der Waals surface area contributed by atoms with Gasteiger partial charge in [-0.05, 0) is 12.8 Å². The Hall–Kier alpha value is -1.96. The molecule has 0 saturated heterocycles. The van der Waals surface area contributed by atoms with E-state index in [1.165, 1.54) is 0 Å². The number of hydrogen-bond donors (Lipinski definition) is 2. The van der Waals surface area contributed by atoms with Crippen LogP contribution in [0.1, 0.15) is 65.2 Å². The smallest absolute Gasteiger partial charge is 0.336 e. The van der Waals surface area contributed by atoms with E-state index in [2.05, 4.69) is 4.74 Å². The Morgan fingerprint density at radius 2 is 1.50 bits per heavy atom. The average molecular weight is 346 g/mol. The van der Waals surface area contributed by atoms with E-state index >= 15 is 0 Å². The number of rotatable bonds is 12. The molecule has 0 aromatic heterocycles. The standard InChI is InChI=1S/C16H26O8/c1-3-5-6-7-9-23-13(18)10-16(22,15(20)21)11-14(19)24-12(17)8-4-2/h22H,3-11H2,1-2H3,(H,20,21). The fraction of sp³-hybridized carbons (Fsp3) is 0.750. The average Bonchev–Trinajstić information content (AvgIpc) is 2.46. The third-order valence-corrected chi connectivity index (χ3v) is 3.21. The predicted octanol–water partition coefficient (Wildman–Crippen LogP) is 1.58. The summed E-state index contributed by atoms with van der Waals surface area (Å²) in [6.45, 7) is 3.85. The summed E-state index contributed by atoms with van der Waals surface area (Å²) in [5.41, 5.74) is -2.66. The van der Waals surface area contributed by atoms with Crippen molar-refractivity contribution in [2.24, 2.45) is 0 Å². The molecule has 0 aromatic carbocycles. The molecule has 0 aliphatic heterocycles. The van der Waals surface area contributed by atoms with Gasteiger partial charge in [0.15, 0.2) is 5.60 Å². The van der Waals surface area contributed by atoms with Gasteiger partial charge in [-0.1, -0.05) is 33.1 Å². The maximum absolute atomic E-state index is 11.6. The minimum absolute atomic E-state index is 0.00293. The summed E-state index contributed by atoms with van der Waals surface area (Å²) in [6.07, 6.45) is 2.07. The molecule has 0 amide bonds. The van der Waals surface area contributed by atoms with Gasteiger partial charge in [-0.15, -0.1) is 0 Å². The molecule has 138 valence electrons. The van der Waals surface area contributed by atoms with Crippen LogP contribution < -0.4 is 0 Å². The number of carbonyl (C=O) groups excluding carboxylic acids is 3. The maximum atomic E-state index is 11.6. The predicted molar refractivity (Wildman–Crippen MR) is 82.9 cm³/mol. The number of aliphatic hydroxyl groups is 1. The number of unbranched alkanes of at least 4 members (excludes halogenated alkanes) is 3. The number of esters is 3. The lowest BCUT2D eigenvalue weighted by Gasteiger charge is -2.21. The lowest BCUT2D eigenvalue weighted by Crippen LogP contribution is -2.43. The monoisotopic (exact) mass is 346 g/mol. The van der Waals surface area contributed by atoms with Gasteiger partial charge < -0.3 is 19.7 Å². The first kappa shape index (κ1) is 22.0. The van der Waals surface area contributed by atoms with Crippen LogP contribution in [0.5, 0.6) is 0 Å². The van der Waals surface area contributed by atoms with Crippen LogP contribution in [0.2, 0.25) is 0 Å². The molecule has 1 unspecified atom stereocenters. The third-order valence-electron chi connectivity index (χ3n) is 3.21. The zero-order valence-corrected chi connectivity index (χ0v) is 14.2. The van der Waals surface area contributed by atoms with Gasteiger partial charge >= 0.3 is 23.9 Å². The van der Waals surface area contributed by atoms with Crippen molar-refractivity contribution >= 4 is 23.9 Å². The Kier molecular flexibility index (Phi) is 10.6. The summed E-state index contributed by atoms with van der Waals surface area (Å²) in [7, 11) is 0. The first-order valence-electron chi connectivity index (χ1n) is 8.10. The van der Waals surface area contributed by atoms with Crippen LogP contribution in [0.3, 0.4) is 0 Å². The van der Waals surface area contributed by atoms with E-state index in [0.29, 0.717) is 12.8 Å². The highest BCUT2D eigenvalue weighted by Gasteiger charge is 2.42. The molecule has 0 heterocycles. The van der Waals surface area contributed by atoms with Gasteiger partial charge in [0.25, 0.3) is 0 Å². The summed E-state index contributed by atoms with van der Waals surface area (Å²) in [6, 6.07) is 0. The molecule has 0 rings (SSSR count). The van der Waals surface area contributed by atoms with E-state index in [4.69, 9.17) is 9.84 Å². The molecule has 0 spiro atoms. The Labute approximate surface area is 141 Å². The van der Waals surface area contributed by atoms with Gasteiger partial charge in [0, 0.05) is 6.42 Å². The quantitative estimate of drug-likeness (QED) is 0.310. The summed E-state index contributed by atoms with van der Waals surface area (Å²) in [4.78, 5) is 45.5. The number of ether oxygens (including phenoxy) is 2. The van der Waals surface area contributed by atoms with Gasteiger partial charge in [0.2, 0.25) is 0 Å². The molecule has 8 heteroatoms. The number of aliphatic carboxylic acids is 1. The molecule has 0 fully saturated rings. The normalized spacial score (nSPS) is 13.0. The van der Waals surface area contributed by atoms with Crippen LogP contribution >= 0.6 is 0 Å². The van der Waals surface area contributed by atoms with Crippen molar-refractivity contribution in [1.29, 1.82) is 0 Å². The highest BCUT2D eigenvalue weighted by atomic mass is 16.6. The van der Waals surface area contributed by atoms with Gasteiger partial charge in [-0.25, -0.2) is 4.79 Å². The largest absolute Gasteiger partial charge is 0.479 e. The molecular formula is C16H26O8. The first-order valence-corrected chi connectivity index (χ1v) is 8.10. The summed E-state index contributed by atoms with van der Waals surface area (Å²) in [5, 5.41) is 19.1. The number of carbonyl (C=O) groups is 4. The number of carboxylic acids is 1. The Morgan fingerprint density at radius 3 is 2.04 bits per heavy atom. The number of hydrogen-bond acceptors (Lipinski definition) is 7.